The average Bonchev–Trinajstić information content (AvgIpc) is 2.45. The minimum Gasteiger partial charge on any atom is -0.481 e. The summed E-state index contributed by atoms with van der Waals surface area (Å²) in [5.41, 5.74) is 1.17. The summed E-state index contributed by atoms with van der Waals surface area (Å²) in [5.74, 6) is -2.11. The van der Waals surface area contributed by atoms with Crippen molar-refractivity contribution in [2.75, 3.05) is 13.7 Å². The molecule has 1 aliphatic rings. The van der Waals surface area contributed by atoms with Crippen molar-refractivity contribution in [1.29, 1.82) is 0 Å². The fourth-order valence-electron chi connectivity index (χ4n) is 2.18. The van der Waals surface area contributed by atoms with Gasteiger partial charge in [-0.1, -0.05) is 24.3 Å². The van der Waals surface area contributed by atoms with Gasteiger partial charge in [-0.3, -0.25) is 4.79 Å². The number of hydrogen-bond acceptors (Lipinski definition) is 5. The number of ether oxygens (including phenoxy) is 1. The standard InChI is InChI=1S/C12H14N2O6S/c1-20-12(17)13-21(18,19)14-6-8-4-2-3-5-9(8)10(7-14)11(15)16/h2-5,10H,6-7H2,1H3,(H,13,17)(H,15,16). The number of carbonyl (C=O) groups is 2. The monoisotopic (exact) mass is 314 g/mol. The SMILES string of the molecule is COC(=O)NS(=O)(=O)N1Cc2ccccc2C(C(=O)O)C1. The van der Waals surface area contributed by atoms with E-state index >= 15 is 0 Å². The first-order valence-corrected chi connectivity index (χ1v) is 7.45. The van der Waals surface area contributed by atoms with Crippen molar-refractivity contribution in [2.45, 2.75) is 12.5 Å². The Labute approximate surface area is 121 Å². The largest absolute Gasteiger partial charge is 0.481 e. The Hall–Kier alpha value is -2.13. The predicted octanol–water partition coefficient (Wildman–Crippen LogP) is 0.271. The third-order valence-electron chi connectivity index (χ3n) is 3.20. The van der Waals surface area contributed by atoms with Crippen molar-refractivity contribution in [3.05, 3.63) is 35.4 Å². The van der Waals surface area contributed by atoms with E-state index in [9.17, 15) is 23.1 Å². The molecule has 1 aromatic carbocycles. The highest BCUT2D eigenvalue weighted by atomic mass is 32.2. The van der Waals surface area contributed by atoms with Crippen LogP contribution in [0.15, 0.2) is 24.3 Å². The van der Waals surface area contributed by atoms with E-state index in [1.807, 2.05) is 0 Å². The van der Waals surface area contributed by atoms with Crippen molar-refractivity contribution in [1.82, 2.24) is 9.03 Å². The molecule has 1 amide bonds. The van der Waals surface area contributed by atoms with Gasteiger partial charge >= 0.3 is 22.3 Å². The second kappa shape index (κ2) is 5.70. The van der Waals surface area contributed by atoms with Crippen LogP contribution in [0.1, 0.15) is 17.0 Å². The molecule has 1 heterocycles. The fraction of sp³-hybridized carbons (Fsp3) is 0.333. The first-order chi connectivity index (χ1) is 9.85. The number of benzene rings is 1. The molecule has 114 valence electrons. The average molecular weight is 314 g/mol. The lowest BCUT2D eigenvalue weighted by Crippen LogP contribution is -2.47. The minimum absolute atomic E-state index is 0.00766. The van der Waals surface area contributed by atoms with E-state index in [-0.39, 0.29) is 13.1 Å². The van der Waals surface area contributed by atoms with Crippen LogP contribution in [0.5, 0.6) is 0 Å². The lowest BCUT2D eigenvalue weighted by Gasteiger charge is -2.31. The number of carbonyl (C=O) groups excluding carboxylic acids is 1. The molecule has 0 fully saturated rings. The Balaban J connectivity index is 2.33. The molecule has 0 radical (unpaired) electrons. The van der Waals surface area contributed by atoms with Gasteiger partial charge in [0, 0.05) is 13.1 Å². The number of carboxylic acids is 1. The second-order valence-corrected chi connectivity index (χ2v) is 6.15. The van der Waals surface area contributed by atoms with Gasteiger partial charge in [0.1, 0.15) is 0 Å². The molecular weight excluding hydrogens is 300 g/mol. The highest BCUT2D eigenvalue weighted by Gasteiger charge is 2.36. The molecule has 0 saturated heterocycles. The van der Waals surface area contributed by atoms with E-state index in [0.29, 0.717) is 11.1 Å². The normalized spacial score (nSPS) is 18.6. The zero-order valence-electron chi connectivity index (χ0n) is 11.1. The topological polar surface area (TPSA) is 113 Å². The van der Waals surface area contributed by atoms with Gasteiger partial charge in [0.2, 0.25) is 0 Å². The van der Waals surface area contributed by atoms with Crippen molar-refractivity contribution in [3.63, 3.8) is 0 Å². The molecule has 0 aromatic heterocycles. The van der Waals surface area contributed by atoms with Crippen LogP contribution in [-0.4, -0.2) is 43.5 Å². The van der Waals surface area contributed by atoms with Crippen LogP contribution in [0.3, 0.4) is 0 Å². The molecule has 0 spiro atoms. The Morgan fingerprint density at radius 1 is 1.38 bits per heavy atom. The van der Waals surface area contributed by atoms with E-state index in [1.54, 1.807) is 29.0 Å². The summed E-state index contributed by atoms with van der Waals surface area (Å²) in [7, 11) is -3.12. The Kier molecular flexibility index (Phi) is 4.14. The molecule has 0 aliphatic carbocycles. The Morgan fingerprint density at radius 3 is 2.67 bits per heavy atom. The number of carboxylic acid groups (broad SMARTS) is 1. The van der Waals surface area contributed by atoms with Crippen LogP contribution >= 0.6 is 0 Å². The highest BCUT2D eigenvalue weighted by Crippen LogP contribution is 2.29. The van der Waals surface area contributed by atoms with Gasteiger partial charge in [-0.2, -0.15) is 12.7 Å². The molecule has 2 rings (SSSR count). The molecule has 1 aromatic rings. The van der Waals surface area contributed by atoms with E-state index in [1.165, 1.54) is 0 Å². The summed E-state index contributed by atoms with van der Waals surface area (Å²) in [5, 5.41) is 9.26. The van der Waals surface area contributed by atoms with Crippen LogP contribution in [0.2, 0.25) is 0 Å². The van der Waals surface area contributed by atoms with Gasteiger partial charge in [0.05, 0.1) is 13.0 Å². The number of amides is 1. The van der Waals surface area contributed by atoms with Gasteiger partial charge in [0.15, 0.2) is 0 Å². The highest BCUT2D eigenvalue weighted by molar-refractivity contribution is 7.87. The Bertz CT molecular complexity index is 672. The van der Waals surface area contributed by atoms with Crippen LogP contribution in [-0.2, 0) is 26.3 Å². The molecule has 2 N–H and O–H groups in total. The molecule has 0 bridgehead atoms. The molecule has 1 unspecified atom stereocenters. The zero-order valence-corrected chi connectivity index (χ0v) is 12.0. The fourth-order valence-corrected chi connectivity index (χ4v) is 3.26. The summed E-state index contributed by atoms with van der Waals surface area (Å²) in [6.45, 7) is -0.259. The number of hydrogen-bond donors (Lipinski definition) is 2. The van der Waals surface area contributed by atoms with Gasteiger partial charge < -0.3 is 9.84 Å². The van der Waals surface area contributed by atoms with Crippen LogP contribution in [0.4, 0.5) is 4.79 Å². The maximum absolute atomic E-state index is 12.1. The summed E-state index contributed by atoms with van der Waals surface area (Å²) in [6.07, 6.45) is -1.12. The van der Waals surface area contributed by atoms with Crippen molar-refractivity contribution < 1.29 is 27.9 Å². The van der Waals surface area contributed by atoms with Crippen LogP contribution < -0.4 is 4.72 Å². The smallest absolute Gasteiger partial charge is 0.421 e. The van der Waals surface area contributed by atoms with Gasteiger partial charge in [-0.05, 0) is 11.1 Å². The number of nitrogens with zero attached hydrogens (tertiary/aromatic N) is 1. The molecule has 21 heavy (non-hydrogen) atoms. The predicted molar refractivity (Wildman–Crippen MR) is 71.7 cm³/mol. The summed E-state index contributed by atoms with van der Waals surface area (Å²) in [6, 6.07) is 6.71. The third kappa shape index (κ3) is 3.14. The Morgan fingerprint density at radius 2 is 2.05 bits per heavy atom. The van der Waals surface area contributed by atoms with E-state index in [2.05, 4.69) is 4.74 Å². The summed E-state index contributed by atoms with van der Waals surface area (Å²) < 4.78 is 31.0. The number of fused-ring (bicyclic) bond motifs is 1. The first-order valence-electron chi connectivity index (χ1n) is 6.01. The molecule has 1 atom stereocenters. The maximum atomic E-state index is 12.1. The number of methoxy groups -OCH3 is 1. The lowest BCUT2D eigenvalue weighted by atomic mass is 9.91. The van der Waals surface area contributed by atoms with E-state index in [4.69, 9.17) is 0 Å². The number of aliphatic carboxylic acids is 1. The molecule has 0 saturated carbocycles. The van der Waals surface area contributed by atoms with Crippen molar-refractivity contribution in [2.24, 2.45) is 0 Å². The van der Waals surface area contributed by atoms with Gasteiger partial charge in [-0.25, -0.2) is 9.52 Å². The van der Waals surface area contributed by atoms with Gasteiger partial charge in [0.25, 0.3) is 0 Å². The zero-order chi connectivity index (χ0) is 15.6. The maximum Gasteiger partial charge on any atom is 0.421 e. The third-order valence-corrected chi connectivity index (χ3v) is 4.58. The molecule has 8 nitrogen and oxygen atoms in total. The number of nitrogens with one attached hydrogen (secondary N) is 1. The molecule has 9 heteroatoms. The van der Waals surface area contributed by atoms with Crippen molar-refractivity contribution in [3.8, 4) is 0 Å². The summed E-state index contributed by atoms with van der Waals surface area (Å²) in [4.78, 5) is 22.4. The minimum atomic E-state index is -4.16. The molecular formula is C12H14N2O6S. The molecule has 1 aliphatic heterocycles. The van der Waals surface area contributed by atoms with Crippen LogP contribution in [0, 0.1) is 0 Å². The van der Waals surface area contributed by atoms with Gasteiger partial charge in [-0.15, -0.1) is 0 Å². The number of rotatable bonds is 3. The summed E-state index contributed by atoms with van der Waals surface area (Å²) >= 11 is 0. The lowest BCUT2D eigenvalue weighted by molar-refractivity contribution is -0.139. The second-order valence-electron chi connectivity index (χ2n) is 4.48. The van der Waals surface area contributed by atoms with Crippen LogP contribution in [0.25, 0.3) is 0 Å². The van der Waals surface area contributed by atoms with E-state index in [0.717, 1.165) is 11.4 Å². The quantitative estimate of drug-likeness (QED) is 0.828. The van der Waals surface area contributed by atoms with E-state index < -0.39 is 28.2 Å². The van der Waals surface area contributed by atoms with Crippen molar-refractivity contribution >= 4 is 22.3 Å². The first kappa shape index (κ1) is 15.3.